The van der Waals surface area contributed by atoms with Crippen LogP contribution in [0.5, 0.6) is 0 Å². The summed E-state index contributed by atoms with van der Waals surface area (Å²) in [6, 6.07) is 8.50. The molecule has 1 heteroatoms. The Morgan fingerprint density at radius 3 is 2.57 bits per heavy atom. The Labute approximate surface area is 84.8 Å². The van der Waals surface area contributed by atoms with Gasteiger partial charge in [0.05, 0.1) is 5.69 Å². The lowest BCUT2D eigenvalue weighted by molar-refractivity contribution is 0.834. The van der Waals surface area contributed by atoms with Crippen molar-refractivity contribution in [3.05, 3.63) is 41.7 Å². The molecule has 0 saturated carbocycles. The zero-order valence-electron chi connectivity index (χ0n) is 8.91. The first-order valence-corrected chi connectivity index (χ1v) is 5.04. The molecular weight excluding hydrogens is 170 g/mol. The van der Waals surface area contributed by atoms with Crippen molar-refractivity contribution in [2.45, 2.75) is 26.7 Å². The number of aryl methyl sites for hydroxylation is 1. The molecule has 0 atom stereocenters. The quantitative estimate of drug-likeness (QED) is 0.660. The molecule has 0 spiro atoms. The Kier molecular flexibility index (Phi) is 2.24. The number of nitrogens with zero attached hydrogens (tertiary/aromatic N) is 1. The maximum absolute atomic E-state index is 4.45. The first-order chi connectivity index (χ1) is 6.70. The smallest absolute Gasteiger partial charge is 0.0507 e. The van der Waals surface area contributed by atoms with E-state index in [4.69, 9.17) is 0 Å². The van der Waals surface area contributed by atoms with E-state index in [2.05, 4.69) is 50.0 Å². The molecule has 0 aliphatic rings. The summed E-state index contributed by atoms with van der Waals surface area (Å²) < 4.78 is 0. The monoisotopic (exact) mass is 185 g/mol. The molecule has 14 heavy (non-hydrogen) atoms. The van der Waals surface area contributed by atoms with Crippen LogP contribution >= 0.6 is 0 Å². The van der Waals surface area contributed by atoms with Gasteiger partial charge in [0.2, 0.25) is 0 Å². The van der Waals surface area contributed by atoms with Gasteiger partial charge in [-0.25, -0.2) is 0 Å². The van der Waals surface area contributed by atoms with Gasteiger partial charge in [-0.15, -0.1) is 0 Å². The SMILES string of the molecule is Cc1cccc2c(C(C)C)nccc12. The van der Waals surface area contributed by atoms with Gasteiger partial charge in [-0.05, 0) is 29.9 Å². The number of aromatic nitrogens is 1. The van der Waals surface area contributed by atoms with Gasteiger partial charge in [-0.2, -0.15) is 0 Å². The summed E-state index contributed by atoms with van der Waals surface area (Å²) in [7, 11) is 0. The first kappa shape index (κ1) is 9.20. The van der Waals surface area contributed by atoms with Crippen LogP contribution in [0.1, 0.15) is 31.0 Å². The Hall–Kier alpha value is -1.37. The standard InChI is InChI=1S/C13H15N/c1-9(2)13-12-6-4-5-10(3)11(12)7-8-14-13/h4-9H,1-3H3. The van der Waals surface area contributed by atoms with Gasteiger partial charge in [0, 0.05) is 11.6 Å². The van der Waals surface area contributed by atoms with E-state index < -0.39 is 0 Å². The van der Waals surface area contributed by atoms with Crippen LogP contribution in [0, 0.1) is 6.92 Å². The fourth-order valence-electron chi connectivity index (χ4n) is 1.85. The predicted molar refractivity (Wildman–Crippen MR) is 60.6 cm³/mol. The van der Waals surface area contributed by atoms with Gasteiger partial charge < -0.3 is 0 Å². The molecule has 0 aliphatic heterocycles. The first-order valence-electron chi connectivity index (χ1n) is 5.04. The molecule has 1 aromatic carbocycles. The number of rotatable bonds is 1. The van der Waals surface area contributed by atoms with Crippen molar-refractivity contribution in [3.63, 3.8) is 0 Å². The van der Waals surface area contributed by atoms with Crippen molar-refractivity contribution in [3.8, 4) is 0 Å². The van der Waals surface area contributed by atoms with E-state index in [0.717, 1.165) is 0 Å². The van der Waals surface area contributed by atoms with Gasteiger partial charge in [0.15, 0.2) is 0 Å². The van der Waals surface area contributed by atoms with Crippen molar-refractivity contribution in [1.29, 1.82) is 0 Å². The molecule has 0 saturated heterocycles. The van der Waals surface area contributed by atoms with Crippen LogP contribution in [-0.4, -0.2) is 4.98 Å². The second kappa shape index (κ2) is 3.41. The third-order valence-corrected chi connectivity index (χ3v) is 2.60. The Morgan fingerprint density at radius 2 is 1.86 bits per heavy atom. The second-order valence-electron chi connectivity index (χ2n) is 4.02. The number of fused-ring (bicyclic) bond motifs is 1. The number of pyridine rings is 1. The third kappa shape index (κ3) is 1.39. The van der Waals surface area contributed by atoms with Crippen molar-refractivity contribution in [1.82, 2.24) is 4.98 Å². The highest BCUT2D eigenvalue weighted by molar-refractivity contribution is 5.87. The minimum Gasteiger partial charge on any atom is -0.260 e. The summed E-state index contributed by atoms with van der Waals surface area (Å²) in [6.07, 6.45) is 1.91. The predicted octanol–water partition coefficient (Wildman–Crippen LogP) is 3.67. The van der Waals surface area contributed by atoms with E-state index in [9.17, 15) is 0 Å². The minimum atomic E-state index is 0.487. The van der Waals surface area contributed by atoms with Crippen molar-refractivity contribution in [2.24, 2.45) is 0 Å². The molecule has 0 fully saturated rings. The molecule has 2 aromatic rings. The molecule has 2 rings (SSSR count). The van der Waals surface area contributed by atoms with Crippen LogP contribution in [0.25, 0.3) is 10.8 Å². The van der Waals surface area contributed by atoms with Crippen LogP contribution in [0.4, 0.5) is 0 Å². The molecule has 0 unspecified atom stereocenters. The average Bonchev–Trinajstić information content (AvgIpc) is 2.17. The van der Waals surface area contributed by atoms with Crippen LogP contribution in [0.15, 0.2) is 30.5 Å². The largest absolute Gasteiger partial charge is 0.260 e. The lowest BCUT2D eigenvalue weighted by Gasteiger charge is -2.09. The number of benzene rings is 1. The van der Waals surface area contributed by atoms with Gasteiger partial charge in [0.25, 0.3) is 0 Å². The highest BCUT2D eigenvalue weighted by Crippen LogP contribution is 2.24. The molecule has 0 aliphatic carbocycles. The zero-order chi connectivity index (χ0) is 10.1. The molecule has 0 amide bonds. The molecule has 1 aromatic heterocycles. The van der Waals surface area contributed by atoms with E-state index in [0.29, 0.717) is 5.92 Å². The van der Waals surface area contributed by atoms with Gasteiger partial charge in [0.1, 0.15) is 0 Å². The van der Waals surface area contributed by atoms with E-state index in [1.807, 2.05) is 6.20 Å². The highest BCUT2D eigenvalue weighted by atomic mass is 14.7. The minimum absolute atomic E-state index is 0.487. The Bertz CT molecular complexity index is 458. The van der Waals surface area contributed by atoms with Crippen molar-refractivity contribution < 1.29 is 0 Å². The summed E-state index contributed by atoms with van der Waals surface area (Å²) in [6.45, 7) is 6.51. The van der Waals surface area contributed by atoms with Crippen molar-refractivity contribution >= 4 is 10.8 Å². The maximum atomic E-state index is 4.45. The van der Waals surface area contributed by atoms with Crippen LogP contribution in [0.2, 0.25) is 0 Å². The molecule has 72 valence electrons. The van der Waals surface area contributed by atoms with E-state index >= 15 is 0 Å². The summed E-state index contributed by atoms with van der Waals surface area (Å²) >= 11 is 0. The Balaban J connectivity index is 2.81. The topological polar surface area (TPSA) is 12.9 Å². The summed E-state index contributed by atoms with van der Waals surface area (Å²) in [5, 5.41) is 2.62. The molecule has 1 nitrogen and oxygen atoms in total. The summed E-state index contributed by atoms with van der Waals surface area (Å²) in [5.41, 5.74) is 2.53. The fraction of sp³-hybridized carbons (Fsp3) is 0.308. The molecule has 1 heterocycles. The lowest BCUT2D eigenvalue weighted by Crippen LogP contribution is -1.94. The van der Waals surface area contributed by atoms with Crippen LogP contribution in [0.3, 0.4) is 0 Å². The van der Waals surface area contributed by atoms with E-state index in [-0.39, 0.29) is 0 Å². The van der Waals surface area contributed by atoms with Crippen LogP contribution in [-0.2, 0) is 0 Å². The molecular formula is C13H15N. The number of hydrogen-bond acceptors (Lipinski definition) is 1. The number of hydrogen-bond donors (Lipinski definition) is 0. The normalized spacial score (nSPS) is 11.1. The second-order valence-corrected chi connectivity index (χ2v) is 4.02. The maximum Gasteiger partial charge on any atom is 0.0507 e. The van der Waals surface area contributed by atoms with Crippen LogP contribution < -0.4 is 0 Å². The van der Waals surface area contributed by atoms with Gasteiger partial charge in [-0.1, -0.05) is 32.0 Å². The van der Waals surface area contributed by atoms with Crippen molar-refractivity contribution in [2.75, 3.05) is 0 Å². The average molecular weight is 185 g/mol. The van der Waals surface area contributed by atoms with Gasteiger partial charge in [-0.3, -0.25) is 4.98 Å². The molecule has 0 radical (unpaired) electrons. The van der Waals surface area contributed by atoms with E-state index in [1.54, 1.807) is 0 Å². The van der Waals surface area contributed by atoms with E-state index in [1.165, 1.54) is 22.0 Å². The van der Waals surface area contributed by atoms with Gasteiger partial charge >= 0.3 is 0 Å². The Morgan fingerprint density at radius 1 is 1.07 bits per heavy atom. The summed E-state index contributed by atoms with van der Waals surface area (Å²) in [4.78, 5) is 4.45. The highest BCUT2D eigenvalue weighted by Gasteiger charge is 2.06. The molecule has 0 N–H and O–H groups in total. The fourth-order valence-corrected chi connectivity index (χ4v) is 1.85. The molecule has 0 bridgehead atoms. The zero-order valence-corrected chi connectivity index (χ0v) is 8.91. The summed E-state index contributed by atoms with van der Waals surface area (Å²) in [5.74, 6) is 0.487. The third-order valence-electron chi connectivity index (χ3n) is 2.60. The lowest BCUT2D eigenvalue weighted by atomic mass is 10.00.